The van der Waals surface area contributed by atoms with E-state index in [0.29, 0.717) is 0 Å². The SMILES string of the molecule is CCC(CC)=C1N=NN[N-]1. The first-order chi connectivity index (χ1) is 4.88. The van der Waals surface area contributed by atoms with Crippen molar-refractivity contribution in [3.63, 3.8) is 0 Å². The molecular weight excluding hydrogens is 128 g/mol. The lowest BCUT2D eigenvalue weighted by molar-refractivity contribution is 0.917. The van der Waals surface area contributed by atoms with Gasteiger partial charge in [-0.3, -0.25) is 5.53 Å². The van der Waals surface area contributed by atoms with E-state index < -0.39 is 0 Å². The molecule has 0 saturated carbocycles. The van der Waals surface area contributed by atoms with Crippen LogP contribution in [0.15, 0.2) is 21.7 Å². The summed E-state index contributed by atoms with van der Waals surface area (Å²) in [4.78, 5) is 0. The van der Waals surface area contributed by atoms with Gasteiger partial charge in [0.2, 0.25) is 0 Å². The molecule has 1 aliphatic heterocycles. The zero-order valence-electron chi connectivity index (χ0n) is 6.26. The van der Waals surface area contributed by atoms with Crippen LogP contribution in [0, 0.1) is 0 Å². The van der Waals surface area contributed by atoms with Crippen LogP contribution in [0.3, 0.4) is 0 Å². The van der Waals surface area contributed by atoms with Gasteiger partial charge in [-0.05, 0) is 18.7 Å². The van der Waals surface area contributed by atoms with Crippen LogP contribution in [0.5, 0.6) is 0 Å². The Morgan fingerprint density at radius 1 is 1.50 bits per heavy atom. The van der Waals surface area contributed by atoms with Crippen molar-refractivity contribution in [3.05, 3.63) is 16.8 Å². The van der Waals surface area contributed by atoms with Crippen LogP contribution in [0.1, 0.15) is 26.7 Å². The normalized spacial score (nSPS) is 14.8. The van der Waals surface area contributed by atoms with Crippen molar-refractivity contribution in [2.75, 3.05) is 0 Å². The maximum Gasteiger partial charge on any atom is -0.0248 e. The van der Waals surface area contributed by atoms with Crippen molar-refractivity contribution in [2.45, 2.75) is 26.7 Å². The second kappa shape index (κ2) is 3.20. The molecule has 1 aliphatic rings. The molecule has 1 rings (SSSR count). The summed E-state index contributed by atoms with van der Waals surface area (Å²) in [7, 11) is 0. The summed E-state index contributed by atoms with van der Waals surface area (Å²) in [5.41, 5.74) is 7.57. The third-order valence-electron chi connectivity index (χ3n) is 1.52. The van der Waals surface area contributed by atoms with Crippen LogP contribution in [0.2, 0.25) is 0 Å². The van der Waals surface area contributed by atoms with Crippen molar-refractivity contribution in [1.82, 2.24) is 5.53 Å². The second-order valence-corrected chi connectivity index (χ2v) is 2.05. The quantitative estimate of drug-likeness (QED) is 0.626. The molecule has 0 radical (unpaired) electrons. The Hall–Kier alpha value is -1.06. The molecule has 1 heterocycles. The number of nitrogens with one attached hydrogen (secondary N) is 1. The third kappa shape index (κ3) is 1.26. The van der Waals surface area contributed by atoms with Gasteiger partial charge in [0, 0.05) is 0 Å². The smallest absolute Gasteiger partial charge is 0.0248 e. The van der Waals surface area contributed by atoms with E-state index in [4.69, 9.17) is 0 Å². The fraction of sp³-hybridized carbons (Fsp3) is 0.667. The van der Waals surface area contributed by atoms with Crippen LogP contribution >= 0.6 is 0 Å². The van der Waals surface area contributed by atoms with Crippen LogP contribution in [0.4, 0.5) is 0 Å². The second-order valence-electron chi connectivity index (χ2n) is 2.05. The monoisotopic (exact) mass is 139 g/mol. The number of nitrogens with zero attached hydrogens (tertiary/aromatic N) is 3. The lowest BCUT2D eigenvalue weighted by Crippen LogP contribution is -1.90. The van der Waals surface area contributed by atoms with Crippen LogP contribution in [-0.2, 0) is 0 Å². The standard InChI is InChI=1S/C6H11N4/c1-3-5(4-2)6-7-9-10-8-6/h3-4H2,1-2H3,(H-,7,8,9,10)/q-1. The van der Waals surface area contributed by atoms with Gasteiger partial charge in [-0.2, -0.15) is 5.22 Å². The third-order valence-corrected chi connectivity index (χ3v) is 1.52. The Morgan fingerprint density at radius 2 is 2.20 bits per heavy atom. The molecule has 0 unspecified atom stereocenters. The molecule has 0 amide bonds. The number of hydrogen-bond donors (Lipinski definition) is 1. The summed E-state index contributed by atoms with van der Waals surface area (Å²) in [6.45, 7) is 4.18. The molecule has 0 aromatic carbocycles. The first kappa shape index (κ1) is 7.05. The molecule has 0 fully saturated rings. The predicted molar refractivity (Wildman–Crippen MR) is 39.0 cm³/mol. The summed E-state index contributed by atoms with van der Waals surface area (Å²) in [5.74, 6) is 0.755. The molecule has 0 aromatic heterocycles. The van der Waals surface area contributed by atoms with Gasteiger partial charge in [-0.1, -0.05) is 19.4 Å². The highest BCUT2D eigenvalue weighted by Gasteiger charge is 1.95. The Balaban J connectivity index is 2.70. The van der Waals surface area contributed by atoms with Gasteiger partial charge in [0.25, 0.3) is 0 Å². The summed E-state index contributed by atoms with van der Waals surface area (Å²) < 4.78 is 0. The summed E-state index contributed by atoms with van der Waals surface area (Å²) >= 11 is 0. The maximum atomic E-state index is 3.87. The van der Waals surface area contributed by atoms with Gasteiger partial charge in [0.15, 0.2) is 0 Å². The van der Waals surface area contributed by atoms with Gasteiger partial charge >= 0.3 is 0 Å². The average Bonchev–Trinajstić information content (AvgIpc) is 2.43. The highest BCUT2D eigenvalue weighted by Crippen LogP contribution is 2.20. The van der Waals surface area contributed by atoms with Gasteiger partial charge in [-0.15, -0.1) is 0 Å². The molecule has 0 spiro atoms. The van der Waals surface area contributed by atoms with E-state index >= 15 is 0 Å². The molecular formula is C6H11N4-. The predicted octanol–water partition coefficient (Wildman–Crippen LogP) is 2.28. The highest BCUT2D eigenvalue weighted by atomic mass is 15.7. The van der Waals surface area contributed by atoms with Gasteiger partial charge < -0.3 is 10.5 Å². The summed E-state index contributed by atoms with van der Waals surface area (Å²) in [6.07, 6.45) is 1.99. The zero-order valence-corrected chi connectivity index (χ0v) is 6.26. The Bertz CT molecular complexity index is 165. The fourth-order valence-corrected chi connectivity index (χ4v) is 0.878. The lowest BCUT2D eigenvalue weighted by atomic mass is 10.1. The van der Waals surface area contributed by atoms with E-state index in [1.54, 1.807) is 0 Å². The first-order valence-corrected chi connectivity index (χ1v) is 3.47. The topological polar surface area (TPSA) is 50.9 Å². The van der Waals surface area contributed by atoms with Gasteiger partial charge in [0.1, 0.15) is 0 Å². The number of allylic oxidation sites excluding steroid dienone is 1. The van der Waals surface area contributed by atoms with Gasteiger partial charge in [0.05, 0.1) is 0 Å². The largest absolute Gasteiger partial charge is 0.359 e. The Kier molecular flexibility index (Phi) is 2.25. The molecule has 4 heteroatoms. The van der Waals surface area contributed by atoms with Crippen molar-refractivity contribution in [3.8, 4) is 0 Å². The molecule has 56 valence electrons. The van der Waals surface area contributed by atoms with Crippen LogP contribution in [0.25, 0.3) is 5.43 Å². The highest BCUT2D eigenvalue weighted by molar-refractivity contribution is 5.22. The van der Waals surface area contributed by atoms with E-state index in [9.17, 15) is 0 Å². The van der Waals surface area contributed by atoms with E-state index in [2.05, 4.69) is 35.1 Å². The molecule has 0 aliphatic carbocycles. The lowest BCUT2D eigenvalue weighted by Gasteiger charge is -2.10. The van der Waals surface area contributed by atoms with E-state index in [0.717, 1.165) is 18.7 Å². The van der Waals surface area contributed by atoms with Crippen LogP contribution in [-0.4, -0.2) is 0 Å². The summed E-state index contributed by atoms with van der Waals surface area (Å²) in [5, 5.41) is 7.34. The first-order valence-electron chi connectivity index (χ1n) is 3.47. The molecule has 10 heavy (non-hydrogen) atoms. The average molecular weight is 139 g/mol. The van der Waals surface area contributed by atoms with Crippen molar-refractivity contribution in [1.29, 1.82) is 0 Å². The minimum Gasteiger partial charge on any atom is -0.359 e. The summed E-state index contributed by atoms with van der Waals surface area (Å²) in [6, 6.07) is 0. The molecule has 0 aromatic rings. The van der Waals surface area contributed by atoms with E-state index in [1.165, 1.54) is 5.57 Å². The maximum absolute atomic E-state index is 3.87. The minimum absolute atomic E-state index is 0.755. The van der Waals surface area contributed by atoms with Gasteiger partial charge in [-0.25, -0.2) is 0 Å². The van der Waals surface area contributed by atoms with Crippen molar-refractivity contribution in [2.24, 2.45) is 10.3 Å². The number of rotatable bonds is 2. The molecule has 4 nitrogen and oxygen atoms in total. The molecule has 1 N–H and O–H groups in total. The van der Waals surface area contributed by atoms with Crippen LogP contribution < -0.4 is 5.53 Å². The zero-order chi connectivity index (χ0) is 7.40. The molecule has 0 saturated heterocycles. The molecule has 0 atom stereocenters. The van der Waals surface area contributed by atoms with E-state index in [-0.39, 0.29) is 0 Å². The number of hydrogen-bond acceptors (Lipinski definition) is 3. The van der Waals surface area contributed by atoms with E-state index in [1.807, 2.05) is 0 Å². The van der Waals surface area contributed by atoms with Crippen molar-refractivity contribution >= 4 is 0 Å². The Morgan fingerprint density at radius 3 is 2.60 bits per heavy atom. The van der Waals surface area contributed by atoms with Crippen molar-refractivity contribution < 1.29 is 0 Å². The molecule has 0 bridgehead atoms. The Labute approximate surface area is 60.4 Å². The minimum atomic E-state index is 0.755. The fourth-order valence-electron chi connectivity index (χ4n) is 0.878.